The molecule has 9 heteroatoms. The number of hydrogen-bond donors (Lipinski definition) is 0. The Hall–Kier alpha value is -4.30. The molecule has 0 spiro atoms. The molecule has 45 heavy (non-hydrogen) atoms. The molecule has 2 heterocycles. The second-order valence-electron chi connectivity index (χ2n) is 10.8. The Balaban J connectivity index is 1.28. The van der Waals surface area contributed by atoms with Gasteiger partial charge in [0.2, 0.25) is 0 Å². The highest BCUT2D eigenvalue weighted by atomic mass is 35.5. The van der Waals surface area contributed by atoms with Crippen molar-refractivity contribution in [2.75, 3.05) is 14.2 Å². The van der Waals surface area contributed by atoms with Crippen LogP contribution in [0.15, 0.2) is 100 Å². The molecule has 7 rings (SSSR count). The number of hydrogen-bond acceptors (Lipinski definition) is 6. The topological polar surface area (TPSA) is 62.0 Å². The minimum absolute atomic E-state index is 0.0818. The van der Waals surface area contributed by atoms with Crippen LogP contribution in [0.25, 0.3) is 11.8 Å². The van der Waals surface area contributed by atoms with Crippen molar-refractivity contribution in [3.63, 3.8) is 0 Å². The zero-order valence-electron chi connectivity index (χ0n) is 24.6. The summed E-state index contributed by atoms with van der Waals surface area (Å²) in [4.78, 5) is 19.9. The molecule has 0 saturated heterocycles. The second-order valence-corrected chi connectivity index (χ2v) is 12.7. The molecule has 0 fully saturated rings. The van der Waals surface area contributed by atoms with Crippen molar-refractivity contribution in [2.24, 2.45) is 4.99 Å². The van der Waals surface area contributed by atoms with Gasteiger partial charge < -0.3 is 14.2 Å². The van der Waals surface area contributed by atoms with E-state index in [0.717, 1.165) is 46.4 Å². The first kappa shape index (κ1) is 29.4. The Morgan fingerprint density at radius 1 is 0.933 bits per heavy atom. The molecule has 1 aromatic heterocycles. The van der Waals surface area contributed by atoms with Gasteiger partial charge in [-0.05, 0) is 77.6 Å². The molecule has 2 aliphatic rings. The highest BCUT2D eigenvalue weighted by molar-refractivity contribution is 7.07. The van der Waals surface area contributed by atoms with Crippen LogP contribution in [0.5, 0.6) is 17.2 Å². The number of ether oxygens (including phenoxy) is 3. The molecule has 1 aliphatic heterocycles. The molecular weight excluding hydrogens is 627 g/mol. The molecule has 0 saturated carbocycles. The summed E-state index contributed by atoms with van der Waals surface area (Å²) in [7, 11) is 3.24. The molecule has 0 N–H and O–H groups in total. The Kier molecular flexibility index (Phi) is 8.00. The van der Waals surface area contributed by atoms with Crippen molar-refractivity contribution < 1.29 is 14.2 Å². The Morgan fingerprint density at radius 2 is 1.73 bits per heavy atom. The fraction of sp³-hybridized carbons (Fsp3) is 0.167. The zero-order valence-corrected chi connectivity index (χ0v) is 26.9. The van der Waals surface area contributed by atoms with E-state index < -0.39 is 0 Å². The van der Waals surface area contributed by atoms with Crippen LogP contribution in [-0.2, 0) is 13.0 Å². The molecule has 0 amide bonds. The molecule has 6 nitrogen and oxygen atoms in total. The van der Waals surface area contributed by atoms with Gasteiger partial charge in [-0.25, -0.2) is 4.99 Å². The lowest BCUT2D eigenvalue weighted by atomic mass is 9.83. The molecule has 0 radical (unpaired) electrons. The summed E-state index contributed by atoms with van der Waals surface area (Å²) >= 11 is 13.7. The number of nitrogens with zero attached hydrogens (tertiary/aromatic N) is 2. The summed E-state index contributed by atoms with van der Waals surface area (Å²) in [6, 6.07) is 26.9. The van der Waals surface area contributed by atoms with Crippen molar-refractivity contribution in [1.29, 1.82) is 0 Å². The normalized spacial score (nSPS) is 15.6. The number of halogens is 2. The van der Waals surface area contributed by atoms with Gasteiger partial charge in [0.15, 0.2) is 16.3 Å². The van der Waals surface area contributed by atoms with Crippen molar-refractivity contribution in [2.45, 2.75) is 25.5 Å². The van der Waals surface area contributed by atoms with Crippen molar-refractivity contribution in [3.05, 3.63) is 148 Å². The van der Waals surface area contributed by atoms with E-state index in [9.17, 15) is 4.79 Å². The van der Waals surface area contributed by atoms with E-state index in [1.165, 1.54) is 16.9 Å². The van der Waals surface area contributed by atoms with Gasteiger partial charge in [-0.15, -0.1) is 0 Å². The summed E-state index contributed by atoms with van der Waals surface area (Å²) in [5, 5.41) is 1.14. The third-order valence-corrected chi connectivity index (χ3v) is 9.75. The third-order valence-electron chi connectivity index (χ3n) is 8.18. The highest BCUT2D eigenvalue weighted by Crippen LogP contribution is 2.42. The highest BCUT2D eigenvalue weighted by Gasteiger charge is 2.33. The molecule has 226 valence electrons. The standard InChI is InChI=1S/C36H28Cl2N2O4S/c1-42-30-16-11-23(18-31(30)43-2)34-28-15-10-22-5-3-4-6-27(22)33(28)39-36-40(34)35(41)32(45-36)17-21-7-13-26(14-8-21)44-20-24-9-12-25(37)19-29(24)38/h3-9,11-14,16-19,34H,10,15,20H2,1-2H3/b32-17+/t34-/m0/s1. The molecule has 4 aromatic carbocycles. The lowest BCUT2D eigenvalue weighted by Crippen LogP contribution is -2.38. The predicted molar refractivity (Wildman–Crippen MR) is 180 cm³/mol. The maximum atomic E-state index is 14.1. The number of rotatable bonds is 7. The number of benzene rings is 4. The van der Waals surface area contributed by atoms with E-state index in [-0.39, 0.29) is 11.6 Å². The fourth-order valence-electron chi connectivity index (χ4n) is 5.96. The maximum absolute atomic E-state index is 14.1. The van der Waals surface area contributed by atoms with Gasteiger partial charge in [-0.1, -0.05) is 83.1 Å². The van der Waals surface area contributed by atoms with Crippen LogP contribution in [0.4, 0.5) is 0 Å². The predicted octanol–water partition coefficient (Wildman–Crippen LogP) is 7.22. The number of aromatic nitrogens is 1. The zero-order chi connectivity index (χ0) is 31.1. The van der Waals surface area contributed by atoms with E-state index >= 15 is 0 Å². The van der Waals surface area contributed by atoms with Crippen LogP contribution in [0, 0.1) is 0 Å². The Labute approximate surface area is 274 Å². The first-order valence-corrected chi connectivity index (χ1v) is 16.0. The van der Waals surface area contributed by atoms with Gasteiger partial charge in [-0.3, -0.25) is 9.36 Å². The van der Waals surface area contributed by atoms with Gasteiger partial charge in [0.05, 0.1) is 30.5 Å². The summed E-state index contributed by atoms with van der Waals surface area (Å²) in [5.41, 5.74) is 7.07. The molecule has 1 atom stereocenters. The van der Waals surface area contributed by atoms with E-state index in [0.29, 0.717) is 43.2 Å². The third kappa shape index (κ3) is 5.56. The van der Waals surface area contributed by atoms with Crippen LogP contribution in [0.1, 0.15) is 40.3 Å². The van der Waals surface area contributed by atoms with Crippen LogP contribution < -0.4 is 29.1 Å². The number of fused-ring (bicyclic) bond motifs is 3. The minimum atomic E-state index is -0.318. The Bertz CT molecular complexity index is 2150. The van der Waals surface area contributed by atoms with E-state index in [1.54, 1.807) is 26.4 Å². The monoisotopic (exact) mass is 654 g/mol. The molecule has 5 aromatic rings. The first-order valence-electron chi connectivity index (χ1n) is 14.5. The second kappa shape index (κ2) is 12.2. The molecule has 0 unspecified atom stereocenters. The summed E-state index contributed by atoms with van der Waals surface area (Å²) < 4.78 is 19.5. The lowest BCUT2D eigenvalue weighted by Gasteiger charge is -2.31. The van der Waals surface area contributed by atoms with Gasteiger partial charge in [0, 0.05) is 21.2 Å². The van der Waals surface area contributed by atoms with Gasteiger partial charge >= 0.3 is 0 Å². The average Bonchev–Trinajstić information content (AvgIpc) is 3.37. The Morgan fingerprint density at radius 3 is 2.51 bits per heavy atom. The average molecular weight is 656 g/mol. The van der Waals surface area contributed by atoms with E-state index in [1.807, 2.05) is 65.2 Å². The van der Waals surface area contributed by atoms with Crippen LogP contribution in [-0.4, -0.2) is 18.8 Å². The molecular formula is C36H28Cl2N2O4S. The maximum Gasteiger partial charge on any atom is 0.271 e. The summed E-state index contributed by atoms with van der Waals surface area (Å²) in [6.07, 6.45) is 3.60. The summed E-state index contributed by atoms with van der Waals surface area (Å²) in [5.74, 6) is 1.95. The fourth-order valence-corrected chi connectivity index (χ4v) is 7.42. The summed E-state index contributed by atoms with van der Waals surface area (Å²) in [6.45, 7) is 0.317. The number of allylic oxidation sites excluding steroid dienone is 1. The minimum Gasteiger partial charge on any atom is -0.493 e. The lowest BCUT2D eigenvalue weighted by molar-refractivity contribution is 0.306. The van der Waals surface area contributed by atoms with Crippen LogP contribution in [0.2, 0.25) is 10.0 Å². The molecule has 1 aliphatic carbocycles. The first-order chi connectivity index (χ1) is 21.9. The van der Waals surface area contributed by atoms with Crippen LogP contribution >= 0.6 is 34.5 Å². The molecule has 0 bridgehead atoms. The number of aryl methyl sites for hydroxylation is 1. The van der Waals surface area contributed by atoms with Crippen LogP contribution in [0.3, 0.4) is 0 Å². The number of thiazole rings is 1. The SMILES string of the molecule is COc1ccc([C@H]2C3=C(N=c4s/c(=C/c5ccc(OCc6ccc(Cl)cc6Cl)cc5)c(=O)n42)c2ccccc2CC3)cc1OC. The van der Waals surface area contributed by atoms with E-state index in [4.69, 9.17) is 42.4 Å². The van der Waals surface area contributed by atoms with Gasteiger partial charge in [-0.2, -0.15) is 0 Å². The van der Waals surface area contributed by atoms with Gasteiger partial charge in [0.25, 0.3) is 5.56 Å². The smallest absolute Gasteiger partial charge is 0.271 e. The van der Waals surface area contributed by atoms with Gasteiger partial charge in [0.1, 0.15) is 12.4 Å². The largest absolute Gasteiger partial charge is 0.493 e. The van der Waals surface area contributed by atoms with Crippen molar-refractivity contribution in [3.8, 4) is 17.2 Å². The number of methoxy groups -OCH3 is 2. The van der Waals surface area contributed by atoms with Crippen molar-refractivity contribution >= 4 is 46.3 Å². The quantitative estimate of drug-likeness (QED) is 0.186. The van der Waals surface area contributed by atoms with Crippen molar-refractivity contribution in [1.82, 2.24) is 4.57 Å². The van der Waals surface area contributed by atoms with E-state index in [2.05, 4.69) is 18.2 Å².